The Labute approximate surface area is 120 Å². The fourth-order valence-corrected chi connectivity index (χ4v) is 2.25. The van der Waals surface area contributed by atoms with E-state index in [1.54, 1.807) is 0 Å². The lowest BCUT2D eigenvalue weighted by Crippen LogP contribution is -2.53. The second-order valence-corrected chi connectivity index (χ2v) is 5.17. The summed E-state index contributed by atoms with van der Waals surface area (Å²) in [5.74, 6) is 0.157. The molecule has 1 heterocycles. The summed E-state index contributed by atoms with van der Waals surface area (Å²) < 4.78 is 56.0. The van der Waals surface area contributed by atoms with E-state index in [-0.39, 0.29) is 31.7 Å². The topological polar surface area (TPSA) is 32.7 Å². The molecular weight excluding hydrogens is 290 g/mol. The van der Waals surface area contributed by atoms with E-state index in [4.69, 9.17) is 4.74 Å². The molecule has 0 spiro atoms. The number of nitrogens with zero attached hydrogens (tertiary/aromatic N) is 1. The Morgan fingerprint density at radius 2 is 1.71 bits per heavy atom. The minimum atomic E-state index is -4.58. The standard InChI is InChI=1S/C14H17F4NO2/c15-11-1-3-12(4-2-11)21-10-9-19-7-5-13(20,6-8-19)14(16,17)18/h1-4,20H,5-10H2. The lowest BCUT2D eigenvalue weighted by molar-refractivity contribution is -0.272. The molecular formula is C14H17F4NO2. The quantitative estimate of drug-likeness (QED) is 0.868. The van der Waals surface area contributed by atoms with Crippen molar-refractivity contribution in [2.75, 3.05) is 26.2 Å². The highest BCUT2D eigenvalue weighted by molar-refractivity contribution is 5.21. The number of alkyl halides is 3. The van der Waals surface area contributed by atoms with E-state index in [2.05, 4.69) is 0 Å². The van der Waals surface area contributed by atoms with E-state index in [1.165, 1.54) is 24.3 Å². The number of likely N-dealkylation sites (tertiary alicyclic amines) is 1. The molecule has 0 bridgehead atoms. The van der Waals surface area contributed by atoms with Gasteiger partial charge in [0.1, 0.15) is 18.2 Å². The van der Waals surface area contributed by atoms with Crippen molar-refractivity contribution in [3.05, 3.63) is 30.1 Å². The van der Waals surface area contributed by atoms with Crippen molar-refractivity contribution < 1.29 is 27.4 Å². The van der Waals surface area contributed by atoms with Gasteiger partial charge in [-0.05, 0) is 37.1 Å². The molecule has 0 amide bonds. The SMILES string of the molecule is OC1(C(F)(F)F)CCN(CCOc2ccc(F)cc2)CC1. The number of hydrogen-bond donors (Lipinski definition) is 1. The molecule has 1 aromatic rings. The Morgan fingerprint density at radius 3 is 2.24 bits per heavy atom. The summed E-state index contributed by atoms with van der Waals surface area (Å²) in [6.45, 7) is 1.10. The van der Waals surface area contributed by atoms with Gasteiger partial charge in [0.2, 0.25) is 0 Å². The first kappa shape index (κ1) is 16.0. The van der Waals surface area contributed by atoms with Crippen LogP contribution in [0.25, 0.3) is 0 Å². The van der Waals surface area contributed by atoms with Crippen LogP contribution in [0.2, 0.25) is 0 Å². The Kier molecular flexibility index (Phi) is 4.73. The summed E-state index contributed by atoms with van der Waals surface area (Å²) in [6, 6.07) is 5.54. The molecule has 1 saturated heterocycles. The molecule has 1 aliphatic heterocycles. The number of rotatable bonds is 4. The summed E-state index contributed by atoms with van der Waals surface area (Å²) in [6.07, 6.45) is -5.23. The highest BCUT2D eigenvalue weighted by Gasteiger charge is 2.54. The number of aliphatic hydroxyl groups is 1. The third-order valence-electron chi connectivity index (χ3n) is 3.70. The van der Waals surface area contributed by atoms with Crippen molar-refractivity contribution in [1.29, 1.82) is 0 Å². The molecule has 0 radical (unpaired) electrons. The van der Waals surface area contributed by atoms with Crippen LogP contribution in [-0.4, -0.2) is 48.0 Å². The van der Waals surface area contributed by atoms with Crippen molar-refractivity contribution in [2.24, 2.45) is 0 Å². The predicted octanol–water partition coefficient (Wildman–Crippen LogP) is 2.59. The fraction of sp³-hybridized carbons (Fsp3) is 0.571. The zero-order valence-electron chi connectivity index (χ0n) is 11.4. The summed E-state index contributed by atoms with van der Waals surface area (Å²) in [4.78, 5) is 1.81. The zero-order chi connectivity index (χ0) is 15.5. The van der Waals surface area contributed by atoms with Gasteiger partial charge in [-0.1, -0.05) is 0 Å². The van der Waals surface area contributed by atoms with Crippen molar-refractivity contribution in [3.8, 4) is 5.75 Å². The van der Waals surface area contributed by atoms with Gasteiger partial charge in [0.05, 0.1) is 0 Å². The molecule has 1 aromatic carbocycles. The second kappa shape index (κ2) is 6.19. The Balaban J connectivity index is 1.73. The molecule has 7 heteroatoms. The summed E-state index contributed by atoms with van der Waals surface area (Å²) in [5, 5.41) is 9.54. The van der Waals surface area contributed by atoms with Crippen LogP contribution >= 0.6 is 0 Å². The van der Waals surface area contributed by atoms with Crippen LogP contribution in [0, 0.1) is 5.82 Å². The van der Waals surface area contributed by atoms with Crippen molar-refractivity contribution in [1.82, 2.24) is 4.90 Å². The van der Waals surface area contributed by atoms with Gasteiger partial charge < -0.3 is 9.84 Å². The van der Waals surface area contributed by atoms with Crippen LogP contribution in [0.1, 0.15) is 12.8 Å². The van der Waals surface area contributed by atoms with Crippen LogP contribution in [0.5, 0.6) is 5.75 Å². The number of hydrogen-bond acceptors (Lipinski definition) is 3. The highest BCUT2D eigenvalue weighted by atomic mass is 19.4. The maximum Gasteiger partial charge on any atom is 0.417 e. The number of ether oxygens (including phenoxy) is 1. The van der Waals surface area contributed by atoms with Crippen LogP contribution < -0.4 is 4.74 Å². The maximum atomic E-state index is 12.7. The number of benzene rings is 1. The Morgan fingerprint density at radius 1 is 1.14 bits per heavy atom. The molecule has 0 saturated carbocycles. The average Bonchev–Trinajstić information content (AvgIpc) is 2.42. The molecule has 0 aliphatic carbocycles. The van der Waals surface area contributed by atoms with Gasteiger partial charge >= 0.3 is 6.18 Å². The smallest absolute Gasteiger partial charge is 0.417 e. The van der Waals surface area contributed by atoms with Gasteiger partial charge in [-0.3, -0.25) is 4.90 Å². The van der Waals surface area contributed by atoms with E-state index >= 15 is 0 Å². The minimum Gasteiger partial charge on any atom is -0.492 e. The molecule has 21 heavy (non-hydrogen) atoms. The van der Waals surface area contributed by atoms with Crippen LogP contribution in [-0.2, 0) is 0 Å². The van der Waals surface area contributed by atoms with Gasteiger partial charge in [-0.15, -0.1) is 0 Å². The number of piperidine rings is 1. The molecule has 3 nitrogen and oxygen atoms in total. The first-order valence-corrected chi connectivity index (χ1v) is 6.70. The molecule has 2 rings (SSSR count). The van der Waals surface area contributed by atoms with E-state index in [1.807, 2.05) is 4.90 Å². The first-order chi connectivity index (χ1) is 9.80. The normalized spacial score (nSPS) is 19.5. The molecule has 1 aliphatic rings. The van der Waals surface area contributed by atoms with Crippen LogP contribution in [0.3, 0.4) is 0 Å². The van der Waals surface area contributed by atoms with Crippen molar-refractivity contribution in [2.45, 2.75) is 24.6 Å². The lowest BCUT2D eigenvalue weighted by atomic mass is 9.91. The fourth-order valence-electron chi connectivity index (χ4n) is 2.25. The second-order valence-electron chi connectivity index (χ2n) is 5.17. The van der Waals surface area contributed by atoms with E-state index in [0.717, 1.165) is 0 Å². The van der Waals surface area contributed by atoms with E-state index in [9.17, 15) is 22.7 Å². The summed E-state index contributed by atoms with van der Waals surface area (Å²) in [5.41, 5.74) is -2.57. The third-order valence-corrected chi connectivity index (χ3v) is 3.70. The monoisotopic (exact) mass is 307 g/mol. The molecule has 1 fully saturated rings. The first-order valence-electron chi connectivity index (χ1n) is 6.70. The van der Waals surface area contributed by atoms with Gasteiger partial charge in [-0.2, -0.15) is 13.2 Å². The van der Waals surface area contributed by atoms with Gasteiger partial charge in [0.15, 0.2) is 5.60 Å². The molecule has 0 atom stereocenters. The maximum absolute atomic E-state index is 12.7. The lowest BCUT2D eigenvalue weighted by Gasteiger charge is -2.39. The molecule has 0 aromatic heterocycles. The molecule has 118 valence electrons. The highest BCUT2D eigenvalue weighted by Crippen LogP contribution is 2.38. The van der Waals surface area contributed by atoms with Crippen LogP contribution in [0.15, 0.2) is 24.3 Å². The summed E-state index contributed by atoms with van der Waals surface area (Å²) >= 11 is 0. The third kappa shape index (κ3) is 4.07. The van der Waals surface area contributed by atoms with E-state index in [0.29, 0.717) is 18.9 Å². The Bertz CT molecular complexity index is 453. The molecule has 0 unspecified atom stereocenters. The van der Waals surface area contributed by atoms with Crippen molar-refractivity contribution >= 4 is 0 Å². The minimum absolute atomic E-state index is 0.169. The van der Waals surface area contributed by atoms with Gasteiger partial charge in [0, 0.05) is 19.6 Å². The number of halogens is 4. The zero-order valence-corrected chi connectivity index (χ0v) is 11.4. The van der Waals surface area contributed by atoms with Gasteiger partial charge in [-0.25, -0.2) is 4.39 Å². The Hall–Kier alpha value is -1.34. The average molecular weight is 307 g/mol. The summed E-state index contributed by atoms with van der Waals surface area (Å²) in [7, 11) is 0. The largest absolute Gasteiger partial charge is 0.492 e. The van der Waals surface area contributed by atoms with E-state index < -0.39 is 11.8 Å². The van der Waals surface area contributed by atoms with Gasteiger partial charge in [0.25, 0.3) is 0 Å². The predicted molar refractivity (Wildman–Crippen MR) is 68.6 cm³/mol. The van der Waals surface area contributed by atoms with Crippen molar-refractivity contribution in [3.63, 3.8) is 0 Å². The molecule has 1 N–H and O–H groups in total. The van der Waals surface area contributed by atoms with Crippen LogP contribution in [0.4, 0.5) is 17.6 Å².